The minimum absolute atomic E-state index is 0.285. The van der Waals surface area contributed by atoms with Crippen molar-refractivity contribution in [3.05, 3.63) is 42.5 Å². The number of hydrogen-bond donors (Lipinski definition) is 2. The first-order valence-corrected chi connectivity index (χ1v) is 7.93. The third-order valence-corrected chi connectivity index (χ3v) is 5.12. The van der Waals surface area contributed by atoms with Crippen LogP contribution in [0.4, 0.5) is 4.79 Å². The van der Waals surface area contributed by atoms with E-state index in [1.54, 1.807) is 0 Å². The molecule has 0 saturated carbocycles. The molecule has 0 aromatic heterocycles. The van der Waals surface area contributed by atoms with Gasteiger partial charge in [-0.15, -0.1) is 0 Å². The molecule has 0 saturated heterocycles. The van der Waals surface area contributed by atoms with Crippen molar-refractivity contribution >= 4 is 41.9 Å². The summed E-state index contributed by atoms with van der Waals surface area (Å²) < 4.78 is 1.35. The van der Waals surface area contributed by atoms with Crippen molar-refractivity contribution < 1.29 is 4.79 Å². The fourth-order valence-corrected chi connectivity index (χ4v) is 3.67. The fraction of sp³-hybridized carbons (Fsp3) is 0.143. The van der Waals surface area contributed by atoms with Gasteiger partial charge in [-0.25, -0.2) is 0 Å². The van der Waals surface area contributed by atoms with Gasteiger partial charge < -0.3 is 0 Å². The summed E-state index contributed by atoms with van der Waals surface area (Å²) in [6.07, 6.45) is 0. The molecule has 2 aromatic carbocycles. The first-order valence-electron chi connectivity index (χ1n) is 5.86. The predicted octanol–water partition coefficient (Wildman–Crippen LogP) is 1.63. The molecule has 0 aliphatic carbocycles. The van der Waals surface area contributed by atoms with E-state index in [2.05, 4.69) is 46.9 Å². The minimum atomic E-state index is -0.628. The number of nitrogens with two attached hydrogens (primary N) is 1. The molecule has 2 amide bonds. The first kappa shape index (κ1) is 13.6. The van der Waals surface area contributed by atoms with Crippen LogP contribution in [0.2, 0.25) is 5.32 Å². The Labute approximate surface area is 118 Å². The summed E-state index contributed by atoms with van der Waals surface area (Å²) in [7, 11) is 0. The number of urea groups is 1. The summed E-state index contributed by atoms with van der Waals surface area (Å²) >= 11 is 0.285. The Morgan fingerprint density at radius 1 is 1.26 bits per heavy atom. The van der Waals surface area contributed by atoms with Crippen LogP contribution in [0.3, 0.4) is 0 Å². The summed E-state index contributed by atoms with van der Waals surface area (Å²) in [6, 6.07) is 14.1. The van der Waals surface area contributed by atoms with Gasteiger partial charge in [0.25, 0.3) is 0 Å². The van der Waals surface area contributed by atoms with Gasteiger partial charge in [0.2, 0.25) is 0 Å². The number of nitrogens with one attached hydrogen (secondary N) is 1. The number of hydrazone groups is 1. The van der Waals surface area contributed by atoms with Crippen molar-refractivity contribution in [3.63, 3.8) is 0 Å². The van der Waals surface area contributed by atoms with Gasteiger partial charge >= 0.3 is 118 Å². The van der Waals surface area contributed by atoms with E-state index >= 15 is 0 Å². The zero-order valence-corrected chi connectivity index (χ0v) is 12.3. The number of rotatable bonds is 4. The monoisotopic (exact) mass is 321 g/mol. The third-order valence-electron chi connectivity index (χ3n) is 2.54. The van der Waals surface area contributed by atoms with Crippen LogP contribution in [0.25, 0.3) is 10.8 Å². The second kappa shape index (κ2) is 6.36. The molecule has 0 atom stereocenters. The number of carbonyl (C=O) groups is 1. The standard InChI is InChI=1S/C14H15N3OSe/c1-10(16-17-14(15)18)9-19-13-8-4-6-11-5-2-3-7-12(11)13/h2-8H,9H2,1H3,(H3,15,17,18)/b16-10+. The molecule has 0 heterocycles. The predicted molar refractivity (Wildman–Crippen MR) is 80.0 cm³/mol. The molecule has 2 aromatic rings. The summed E-state index contributed by atoms with van der Waals surface area (Å²) in [6.45, 7) is 1.89. The van der Waals surface area contributed by atoms with Gasteiger partial charge in [0, 0.05) is 0 Å². The molecular weight excluding hydrogens is 305 g/mol. The van der Waals surface area contributed by atoms with Crippen LogP contribution in [0, 0.1) is 0 Å². The van der Waals surface area contributed by atoms with E-state index in [1.807, 2.05) is 13.0 Å². The van der Waals surface area contributed by atoms with Crippen LogP contribution in [0.15, 0.2) is 47.6 Å². The van der Waals surface area contributed by atoms with E-state index in [-0.39, 0.29) is 15.0 Å². The van der Waals surface area contributed by atoms with Crippen LogP contribution in [-0.4, -0.2) is 26.7 Å². The summed E-state index contributed by atoms with van der Waals surface area (Å²) in [5.41, 5.74) is 8.11. The third kappa shape index (κ3) is 3.81. The molecule has 2 rings (SSSR count). The van der Waals surface area contributed by atoms with E-state index in [4.69, 9.17) is 5.73 Å². The molecule has 0 unspecified atom stereocenters. The Morgan fingerprint density at radius 3 is 2.79 bits per heavy atom. The molecule has 0 aliphatic heterocycles. The Hall–Kier alpha value is -1.84. The van der Waals surface area contributed by atoms with E-state index < -0.39 is 6.03 Å². The second-order valence-electron chi connectivity index (χ2n) is 4.09. The zero-order valence-electron chi connectivity index (χ0n) is 10.6. The van der Waals surface area contributed by atoms with Crippen molar-refractivity contribution in [2.45, 2.75) is 12.2 Å². The summed E-state index contributed by atoms with van der Waals surface area (Å²) in [5.74, 6) is 0. The molecule has 0 spiro atoms. The molecule has 19 heavy (non-hydrogen) atoms. The van der Waals surface area contributed by atoms with Gasteiger partial charge in [-0.05, 0) is 0 Å². The molecule has 98 valence electrons. The van der Waals surface area contributed by atoms with Crippen molar-refractivity contribution in [2.24, 2.45) is 10.8 Å². The molecular formula is C14H15N3OSe. The molecule has 5 heteroatoms. The van der Waals surface area contributed by atoms with Gasteiger partial charge in [0.15, 0.2) is 0 Å². The first-order chi connectivity index (χ1) is 9.16. The molecule has 0 bridgehead atoms. The van der Waals surface area contributed by atoms with Crippen LogP contribution in [-0.2, 0) is 0 Å². The Kier molecular flexibility index (Phi) is 4.55. The number of primary amides is 1. The van der Waals surface area contributed by atoms with Gasteiger partial charge in [-0.3, -0.25) is 0 Å². The second-order valence-corrected chi connectivity index (χ2v) is 6.22. The fourth-order valence-electron chi connectivity index (χ4n) is 1.69. The molecule has 4 nitrogen and oxygen atoms in total. The van der Waals surface area contributed by atoms with Crippen molar-refractivity contribution in [1.29, 1.82) is 0 Å². The molecule has 0 aliphatic rings. The number of fused-ring (bicyclic) bond motifs is 1. The molecule has 0 fully saturated rings. The Morgan fingerprint density at radius 2 is 2.00 bits per heavy atom. The van der Waals surface area contributed by atoms with E-state index in [1.165, 1.54) is 15.2 Å². The van der Waals surface area contributed by atoms with Gasteiger partial charge in [-0.2, -0.15) is 0 Å². The normalized spacial score (nSPS) is 11.5. The van der Waals surface area contributed by atoms with Crippen molar-refractivity contribution in [3.8, 4) is 0 Å². The SMILES string of the molecule is C/C(C[Se]c1cccc2ccccc12)=N\NC(N)=O. The molecule has 3 N–H and O–H groups in total. The van der Waals surface area contributed by atoms with E-state index in [0.29, 0.717) is 0 Å². The van der Waals surface area contributed by atoms with Gasteiger partial charge in [0.1, 0.15) is 0 Å². The van der Waals surface area contributed by atoms with Gasteiger partial charge in [-0.1, -0.05) is 0 Å². The van der Waals surface area contributed by atoms with E-state index in [9.17, 15) is 4.79 Å². The van der Waals surface area contributed by atoms with Crippen LogP contribution in [0.1, 0.15) is 6.92 Å². The average molecular weight is 320 g/mol. The Balaban J connectivity index is 2.10. The number of benzene rings is 2. The van der Waals surface area contributed by atoms with Crippen molar-refractivity contribution in [1.82, 2.24) is 5.43 Å². The average Bonchev–Trinajstić information content (AvgIpc) is 2.42. The Bertz CT molecular complexity index is 620. The van der Waals surface area contributed by atoms with Crippen LogP contribution >= 0.6 is 0 Å². The zero-order chi connectivity index (χ0) is 13.7. The maximum absolute atomic E-state index is 10.6. The number of hydrogen-bond acceptors (Lipinski definition) is 2. The van der Waals surface area contributed by atoms with Crippen LogP contribution < -0.4 is 15.6 Å². The van der Waals surface area contributed by atoms with Gasteiger partial charge in [0.05, 0.1) is 0 Å². The summed E-state index contributed by atoms with van der Waals surface area (Å²) in [5, 5.41) is 7.32. The van der Waals surface area contributed by atoms with Crippen molar-refractivity contribution in [2.75, 3.05) is 0 Å². The maximum atomic E-state index is 10.6. The topological polar surface area (TPSA) is 67.5 Å². The molecule has 0 radical (unpaired) electrons. The van der Waals surface area contributed by atoms with Crippen LogP contribution in [0.5, 0.6) is 0 Å². The number of amides is 2. The van der Waals surface area contributed by atoms with E-state index in [0.717, 1.165) is 11.0 Å². The number of carbonyl (C=O) groups excluding carboxylic acids is 1. The quantitative estimate of drug-likeness (QED) is 0.502. The number of nitrogens with zero attached hydrogens (tertiary/aromatic N) is 1. The summed E-state index contributed by atoms with van der Waals surface area (Å²) in [4.78, 5) is 10.6.